The first-order valence-corrected chi connectivity index (χ1v) is 6.78. The van der Waals surface area contributed by atoms with Crippen molar-refractivity contribution in [1.82, 2.24) is 0 Å². The Morgan fingerprint density at radius 2 is 2.05 bits per heavy atom. The highest BCUT2D eigenvalue weighted by atomic mass is 79.9. The normalized spacial score (nSPS) is 35.6. The van der Waals surface area contributed by atoms with Crippen LogP contribution in [0.2, 0.25) is 0 Å². The van der Waals surface area contributed by atoms with Crippen LogP contribution in [-0.2, 0) is 9.47 Å². The molecule has 0 N–H and O–H groups in total. The van der Waals surface area contributed by atoms with Gasteiger partial charge >= 0.3 is 5.92 Å². The van der Waals surface area contributed by atoms with Gasteiger partial charge in [0.2, 0.25) is 0 Å². The summed E-state index contributed by atoms with van der Waals surface area (Å²) in [6, 6.07) is 7.29. The van der Waals surface area contributed by atoms with Gasteiger partial charge in [-0.25, -0.2) is 8.78 Å². The number of benzene rings is 1. The molecule has 104 valence electrons. The fourth-order valence-corrected chi connectivity index (χ4v) is 2.53. The van der Waals surface area contributed by atoms with Crippen LogP contribution in [0.1, 0.15) is 6.92 Å². The zero-order chi connectivity index (χ0) is 13.7. The van der Waals surface area contributed by atoms with Gasteiger partial charge in [0.25, 0.3) is 0 Å². The van der Waals surface area contributed by atoms with Gasteiger partial charge in [0.15, 0.2) is 11.7 Å². The number of rotatable bonds is 3. The van der Waals surface area contributed by atoms with Crippen molar-refractivity contribution in [3.63, 3.8) is 0 Å². The molecule has 1 saturated heterocycles. The second kappa shape index (κ2) is 4.40. The summed E-state index contributed by atoms with van der Waals surface area (Å²) < 4.78 is 43.7. The molecule has 0 spiro atoms. The van der Waals surface area contributed by atoms with E-state index in [2.05, 4.69) is 15.9 Å². The van der Waals surface area contributed by atoms with Crippen molar-refractivity contribution in [3.05, 3.63) is 28.7 Å². The molecule has 1 aliphatic carbocycles. The Morgan fingerprint density at radius 3 is 2.68 bits per heavy atom. The standard InChI is InChI=1S/C13H13BrF2O3/c1-12-11(13(12,15)16)18-7-10(19-12)6-17-9-4-2-8(14)3-5-9/h2-5,10-11H,6-7H2,1H3/t10-,11+,12-/m1/s1. The lowest BCUT2D eigenvalue weighted by atomic mass is 10.3. The Hall–Kier alpha value is -0.720. The molecule has 3 atom stereocenters. The molecule has 19 heavy (non-hydrogen) atoms. The third-order valence-corrected chi connectivity index (χ3v) is 4.05. The predicted molar refractivity (Wildman–Crippen MR) is 67.6 cm³/mol. The molecule has 0 amide bonds. The molecular formula is C13H13BrF2O3. The zero-order valence-electron chi connectivity index (χ0n) is 10.2. The predicted octanol–water partition coefficient (Wildman–Crippen LogP) is 3.02. The van der Waals surface area contributed by atoms with E-state index < -0.39 is 23.7 Å². The lowest BCUT2D eigenvalue weighted by molar-refractivity contribution is -0.149. The Balaban J connectivity index is 1.56. The van der Waals surface area contributed by atoms with E-state index in [1.165, 1.54) is 6.92 Å². The van der Waals surface area contributed by atoms with E-state index in [9.17, 15) is 8.78 Å². The minimum atomic E-state index is -2.89. The largest absolute Gasteiger partial charge is 0.491 e. The summed E-state index contributed by atoms with van der Waals surface area (Å²) in [7, 11) is 0. The third kappa shape index (κ3) is 2.15. The number of halogens is 3. The fraction of sp³-hybridized carbons (Fsp3) is 0.538. The highest BCUT2D eigenvalue weighted by Gasteiger charge is 2.83. The van der Waals surface area contributed by atoms with E-state index in [0.717, 1.165) is 4.47 Å². The number of alkyl halides is 2. The first-order chi connectivity index (χ1) is 8.93. The first kappa shape index (κ1) is 13.3. The van der Waals surface area contributed by atoms with E-state index >= 15 is 0 Å². The maximum Gasteiger partial charge on any atom is 0.307 e. The Bertz CT molecular complexity index is 479. The van der Waals surface area contributed by atoms with Crippen molar-refractivity contribution >= 4 is 15.9 Å². The maximum absolute atomic E-state index is 13.4. The zero-order valence-corrected chi connectivity index (χ0v) is 11.8. The van der Waals surface area contributed by atoms with Gasteiger partial charge in [0, 0.05) is 4.47 Å². The lowest BCUT2D eigenvalue weighted by Crippen LogP contribution is -2.39. The molecule has 0 radical (unpaired) electrons. The van der Waals surface area contributed by atoms with E-state index in [1.807, 2.05) is 12.1 Å². The van der Waals surface area contributed by atoms with Crippen LogP contribution >= 0.6 is 15.9 Å². The smallest absolute Gasteiger partial charge is 0.307 e. The topological polar surface area (TPSA) is 27.7 Å². The van der Waals surface area contributed by atoms with Crippen LogP contribution in [0.3, 0.4) is 0 Å². The molecule has 1 saturated carbocycles. The minimum absolute atomic E-state index is 0.131. The minimum Gasteiger partial charge on any atom is -0.491 e. The van der Waals surface area contributed by atoms with Gasteiger partial charge in [0.1, 0.15) is 18.5 Å². The number of fused-ring (bicyclic) bond motifs is 1. The Labute approximate surface area is 118 Å². The number of hydrogen-bond acceptors (Lipinski definition) is 3. The summed E-state index contributed by atoms with van der Waals surface area (Å²) in [5.74, 6) is -2.22. The second-order valence-corrected chi connectivity index (χ2v) is 5.86. The average Bonchev–Trinajstić information content (AvgIpc) is 2.82. The Morgan fingerprint density at radius 1 is 1.37 bits per heavy atom. The van der Waals surface area contributed by atoms with E-state index in [0.29, 0.717) is 5.75 Å². The van der Waals surface area contributed by atoms with E-state index in [4.69, 9.17) is 14.2 Å². The van der Waals surface area contributed by atoms with Crippen molar-refractivity contribution in [2.45, 2.75) is 30.7 Å². The average molecular weight is 335 g/mol. The van der Waals surface area contributed by atoms with Gasteiger partial charge in [-0.1, -0.05) is 15.9 Å². The summed E-state index contributed by atoms with van der Waals surface area (Å²) in [6.07, 6.45) is -1.58. The van der Waals surface area contributed by atoms with Crippen molar-refractivity contribution in [1.29, 1.82) is 0 Å². The summed E-state index contributed by atoms with van der Waals surface area (Å²) >= 11 is 3.32. The molecule has 0 bridgehead atoms. The van der Waals surface area contributed by atoms with Crippen molar-refractivity contribution < 1.29 is 23.0 Å². The van der Waals surface area contributed by atoms with Crippen LogP contribution in [0, 0.1) is 0 Å². The van der Waals surface area contributed by atoms with Crippen molar-refractivity contribution in [2.24, 2.45) is 0 Å². The van der Waals surface area contributed by atoms with Gasteiger partial charge in [-0.2, -0.15) is 0 Å². The molecular weight excluding hydrogens is 322 g/mol. The molecule has 1 heterocycles. The molecule has 1 aromatic carbocycles. The van der Waals surface area contributed by atoms with Gasteiger partial charge in [-0.15, -0.1) is 0 Å². The van der Waals surface area contributed by atoms with Crippen LogP contribution in [0.5, 0.6) is 5.75 Å². The number of hydrogen-bond donors (Lipinski definition) is 0. The molecule has 0 unspecified atom stereocenters. The van der Waals surface area contributed by atoms with Crippen LogP contribution in [0.15, 0.2) is 28.7 Å². The van der Waals surface area contributed by atoms with E-state index in [-0.39, 0.29) is 13.2 Å². The molecule has 0 aromatic heterocycles. The second-order valence-electron chi connectivity index (χ2n) is 4.95. The molecule has 1 aromatic rings. The SMILES string of the molecule is C[C@@]12O[C@H](COc3ccc(Br)cc3)CO[C@@H]1C2(F)F. The number of ether oxygens (including phenoxy) is 3. The first-order valence-electron chi connectivity index (χ1n) is 5.99. The highest BCUT2D eigenvalue weighted by Crippen LogP contribution is 2.59. The summed E-state index contributed by atoms with van der Waals surface area (Å²) in [5.41, 5.74) is -1.49. The van der Waals surface area contributed by atoms with Crippen LogP contribution in [0.25, 0.3) is 0 Å². The third-order valence-electron chi connectivity index (χ3n) is 3.52. The summed E-state index contributed by atoms with van der Waals surface area (Å²) in [6.45, 7) is 1.70. The van der Waals surface area contributed by atoms with Gasteiger partial charge in [-0.3, -0.25) is 0 Å². The van der Waals surface area contributed by atoms with Gasteiger partial charge in [-0.05, 0) is 31.2 Å². The van der Waals surface area contributed by atoms with Crippen LogP contribution in [0.4, 0.5) is 8.78 Å². The van der Waals surface area contributed by atoms with E-state index in [1.54, 1.807) is 12.1 Å². The van der Waals surface area contributed by atoms with Crippen molar-refractivity contribution in [3.8, 4) is 5.75 Å². The maximum atomic E-state index is 13.4. The molecule has 1 aliphatic heterocycles. The van der Waals surface area contributed by atoms with Crippen LogP contribution < -0.4 is 4.74 Å². The Kier molecular flexibility index (Phi) is 3.07. The molecule has 2 aliphatic rings. The van der Waals surface area contributed by atoms with Crippen LogP contribution in [-0.4, -0.2) is 36.9 Å². The quantitative estimate of drug-likeness (QED) is 0.850. The lowest BCUT2D eigenvalue weighted by Gasteiger charge is -2.26. The summed E-state index contributed by atoms with van der Waals surface area (Å²) in [4.78, 5) is 0. The molecule has 2 fully saturated rings. The molecule has 3 rings (SSSR count). The monoisotopic (exact) mass is 334 g/mol. The fourth-order valence-electron chi connectivity index (χ4n) is 2.26. The highest BCUT2D eigenvalue weighted by molar-refractivity contribution is 9.10. The van der Waals surface area contributed by atoms with Crippen molar-refractivity contribution in [2.75, 3.05) is 13.2 Å². The van der Waals surface area contributed by atoms with Gasteiger partial charge < -0.3 is 14.2 Å². The molecule has 6 heteroatoms. The summed E-state index contributed by atoms with van der Waals surface area (Å²) in [5, 5.41) is 0. The molecule has 3 nitrogen and oxygen atoms in total. The van der Waals surface area contributed by atoms with Gasteiger partial charge in [0.05, 0.1) is 6.61 Å².